The molecule has 1 aliphatic rings. The zero-order valence-corrected chi connectivity index (χ0v) is 8.60. The molecule has 13 heavy (non-hydrogen) atoms. The molecule has 1 aliphatic carbocycles. The van der Waals surface area contributed by atoms with Gasteiger partial charge in [-0.15, -0.1) is 0 Å². The molecule has 1 aromatic heterocycles. The lowest BCUT2D eigenvalue weighted by Gasteiger charge is -2.31. The molecule has 1 atom stereocenters. The number of aromatic nitrogens is 1. The Morgan fingerprint density at radius 2 is 2.46 bits per heavy atom. The Balaban J connectivity index is 1.89. The highest BCUT2D eigenvalue weighted by Crippen LogP contribution is 2.31. The number of hydrogen-bond donors (Lipinski definition) is 2. The molecule has 0 radical (unpaired) electrons. The standard InChI is InChI=1S/C9H15N3S/c1-6(7-3-2-4-7)11-9-5-8(10)12-13-9/h5-7,11H,2-4H2,1H3,(H2,10,12). The molecular formula is C9H15N3S. The molecule has 1 heterocycles. The summed E-state index contributed by atoms with van der Waals surface area (Å²) in [5, 5.41) is 4.54. The van der Waals surface area contributed by atoms with Gasteiger partial charge in [-0.3, -0.25) is 0 Å². The first-order valence-corrected chi connectivity index (χ1v) is 5.52. The maximum Gasteiger partial charge on any atom is 0.139 e. The van der Waals surface area contributed by atoms with Crippen LogP contribution in [0.2, 0.25) is 0 Å². The molecule has 1 saturated carbocycles. The number of nitrogens with one attached hydrogen (secondary N) is 1. The highest BCUT2D eigenvalue weighted by molar-refractivity contribution is 7.10. The third-order valence-corrected chi connectivity index (χ3v) is 3.49. The molecule has 0 bridgehead atoms. The van der Waals surface area contributed by atoms with E-state index < -0.39 is 0 Å². The zero-order valence-electron chi connectivity index (χ0n) is 7.79. The van der Waals surface area contributed by atoms with E-state index in [0.717, 1.165) is 10.9 Å². The summed E-state index contributed by atoms with van der Waals surface area (Å²) in [5.41, 5.74) is 5.54. The summed E-state index contributed by atoms with van der Waals surface area (Å²) in [6.07, 6.45) is 4.12. The molecule has 0 aromatic carbocycles. The summed E-state index contributed by atoms with van der Waals surface area (Å²) in [4.78, 5) is 0. The zero-order chi connectivity index (χ0) is 9.26. The van der Waals surface area contributed by atoms with E-state index in [1.807, 2.05) is 6.07 Å². The Morgan fingerprint density at radius 3 is 2.92 bits per heavy atom. The molecule has 4 heteroatoms. The SMILES string of the molecule is CC(Nc1cc(N)ns1)C1CCC1. The van der Waals surface area contributed by atoms with Gasteiger partial charge >= 0.3 is 0 Å². The van der Waals surface area contributed by atoms with E-state index in [9.17, 15) is 0 Å². The summed E-state index contributed by atoms with van der Waals surface area (Å²) in [7, 11) is 0. The maximum atomic E-state index is 5.54. The highest BCUT2D eigenvalue weighted by Gasteiger charge is 2.23. The second-order valence-electron chi connectivity index (χ2n) is 3.74. The number of nitrogens with two attached hydrogens (primary N) is 1. The number of nitrogens with zero attached hydrogens (tertiary/aromatic N) is 1. The lowest BCUT2D eigenvalue weighted by molar-refractivity contribution is 0.285. The van der Waals surface area contributed by atoms with E-state index >= 15 is 0 Å². The van der Waals surface area contributed by atoms with Crippen LogP contribution in [0.15, 0.2) is 6.07 Å². The predicted molar refractivity (Wildman–Crippen MR) is 57.0 cm³/mol. The van der Waals surface area contributed by atoms with Crippen LogP contribution < -0.4 is 11.1 Å². The summed E-state index contributed by atoms with van der Waals surface area (Å²) >= 11 is 1.44. The Labute approximate surface area is 82.5 Å². The van der Waals surface area contributed by atoms with Crippen LogP contribution in [0.4, 0.5) is 10.8 Å². The normalized spacial score (nSPS) is 19.5. The van der Waals surface area contributed by atoms with Crippen molar-refractivity contribution in [1.82, 2.24) is 4.37 Å². The smallest absolute Gasteiger partial charge is 0.139 e. The average molecular weight is 197 g/mol. The molecule has 2 rings (SSSR count). The number of hydrogen-bond acceptors (Lipinski definition) is 4. The fourth-order valence-corrected chi connectivity index (χ4v) is 2.31. The van der Waals surface area contributed by atoms with Crippen molar-refractivity contribution in [1.29, 1.82) is 0 Å². The molecule has 0 amide bonds. The number of anilines is 2. The summed E-state index contributed by atoms with van der Waals surface area (Å²) in [6.45, 7) is 2.24. The fourth-order valence-electron chi connectivity index (χ4n) is 1.64. The Bertz CT molecular complexity index is 280. The largest absolute Gasteiger partial charge is 0.383 e. The third kappa shape index (κ3) is 1.94. The molecular weight excluding hydrogens is 182 g/mol. The van der Waals surface area contributed by atoms with Gasteiger partial charge in [0.1, 0.15) is 10.8 Å². The molecule has 1 fully saturated rings. The predicted octanol–water partition coefficient (Wildman–Crippen LogP) is 2.33. The van der Waals surface area contributed by atoms with E-state index in [1.54, 1.807) is 0 Å². The topological polar surface area (TPSA) is 50.9 Å². The van der Waals surface area contributed by atoms with Crippen molar-refractivity contribution in [2.24, 2.45) is 5.92 Å². The fraction of sp³-hybridized carbons (Fsp3) is 0.667. The van der Waals surface area contributed by atoms with E-state index in [0.29, 0.717) is 11.9 Å². The van der Waals surface area contributed by atoms with Gasteiger partial charge in [-0.05, 0) is 37.2 Å². The van der Waals surface area contributed by atoms with Crippen LogP contribution in [0.25, 0.3) is 0 Å². The quantitative estimate of drug-likeness (QED) is 0.782. The van der Waals surface area contributed by atoms with Gasteiger partial charge in [-0.1, -0.05) is 6.42 Å². The van der Waals surface area contributed by atoms with Crippen LogP contribution in [-0.4, -0.2) is 10.4 Å². The van der Waals surface area contributed by atoms with Gasteiger partial charge in [-0.25, -0.2) is 0 Å². The molecule has 0 spiro atoms. The Hall–Kier alpha value is -0.770. The highest BCUT2D eigenvalue weighted by atomic mass is 32.1. The van der Waals surface area contributed by atoms with Crippen LogP contribution in [-0.2, 0) is 0 Å². The Kier molecular flexibility index (Phi) is 2.40. The van der Waals surface area contributed by atoms with Crippen molar-refractivity contribution >= 4 is 22.4 Å². The van der Waals surface area contributed by atoms with Crippen molar-refractivity contribution in [3.8, 4) is 0 Å². The van der Waals surface area contributed by atoms with Crippen molar-refractivity contribution < 1.29 is 0 Å². The third-order valence-electron chi connectivity index (χ3n) is 2.76. The monoisotopic (exact) mass is 197 g/mol. The first kappa shape index (κ1) is 8.81. The van der Waals surface area contributed by atoms with Gasteiger partial charge in [0.05, 0.1) is 0 Å². The number of nitrogen functional groups attached to an aromatic ring is 1. The van der Waals surface area contributed by atoms with Gasteiger partial charge in [0.25, 0.3) is 0 Å². The van der Waals surface area contributed by atoms with Gasteiger partial charge in [0.15, 0.2) is 0 Å². The van der Waals surface area contributed by atoms with Crippen LogP contribution >= 0.6 is 11.5 Å². The van der Waals surface area contributed by atoms with Crippen molar-refractivity contribution in [2.45, 2.75) is 32.2 Å². The lowest BCUT2D eigenvalue weighted by atomic mass is 9.80. The van der Waals surface area contributed by atoms with Gasteiger partial charge in [-0.2, -0.15) is 4.37 Å². The van der Waals surface area contributed by atoms with Crippen LogP contribution in [0, 0.1) is 5.92 Å². The van der Waals surface area contributed by atoms with E-state index in [1.165, 1.54) is 30.8 Å². The molecule has 72 valence electrons. The minimum Gasteiger partial charge on any atom is -0.383 e. The first-order valence-electron chi connectivity index (χ1n) is 4.74. The first-order chi connectivity index (χ1) is 6.25. The van der Waals surface area contributed by atoms with Crippen LogP contribution in [0.1, 0.15) is 26.2 Å². The van der Waals surface area contributed by atoms with Crippen LogP contribution in [0.5, 0.6) is 0 Å². The molecule has 3 nitrogen and oxygen atoms in total. The second kappa shape index (κ2) is 3.54. The van der Waals surface area contributed by atoms with Crippen LogP contribution in [0.3, 0.4) is 0 Å². The average Bonchev–Trinajstić information content (AvgIpc) is 2.31. The summed E-state index contributed by atoms with van der Waals surface area (Å²) < 4.78 is 4.03. The molecule has 1 aromatic rings. The van der Waals surface area contributed by atoms with Crippen molar-refractivity contribution in [2.75, 3.05) is 11.1 Å². The van der Waals surface area contributed by atoms with Gasteiger partial charge in [0, 0.05) is 12.1 Å². The number of rotatable bonds is 3. The van der Waals surface area contributed by atoms with E-state index in [2.05, 4.69) is 16.6 Å². The van der Waals surface area contributed by atoms with Gasteiger partial charge < -0.3 is 11.1 Å². The maximum absolute atomic E-state index is 5.54. The van der Waals surface area contributed by atoms with E-state index in [4.69, 9.17) is 5.73 Å². The minimum atomic E-state index is 0.564. The lowest BCUT2D eigenvalue weighted by Crippen LogP contribution is -2.30. The van der Waals surface area contributed by atoms with Gasteiger partial charge in [0.2, 0.25) is 0 Å². The molecule has 1 unspecified atom stereocenters. The molecule has 3 N–H and O–H groups in total. The van der Waals surface area contributed by atoms with Crippen molar-refractivity contribution in [3.63, 3.8) is 0 Å². The second-order valence-corrected chi connectivity index (χ2v) is 4.54. The molecule has 0 aliphatic heterocycles. The Morgan fingerprint density at radius 1 is 1.69 bits per heavy atom. The van der Waals surface area contributed by atoms with Crippen molar-refractivity contribution in [3.05, 3.63) is 6.07 Å². The minimum absolute atomic E-state index is 0.564. The van der Waals surface area contributed by atoms with E-state index in [-0.39, 0.29) is 0 Å². The molecule has 0 saturated heterocycles. The summed E-state index contributed by atoms with van der Waals surface area (Å²) in [6, 6.07) is 2.47. The summed E-state index contributed by atoms with van der Waals surface area (Å²) in [5.74, 6) is 1.47.